The van der Waals surface area contributed by atoms with Gasteiger partial charge >= 0.3 is 5.97 Å². The van der Waals surface area contributed by atoms with Gasteiger partial charge in [-0.25, -0.2) is 4.79 Å². The van der Waals surface area contributed by atoms with Gasteiger partial charge in [-0.1, -0.05) is 19.1 Å². The fourth-order valence-corrected chi connectivity index (χ4v) is 3.29. The molecule has 1 amide bonds. The van der Waals surface area contributed by atoms with Crippen molar-refractivity contribution in [2.24, 2.45) is 0 Å². The molecule has 1 aliphatic heterocycles. The summed E-state index contributed by atoms with van der Waals surface area (Å²) in [5.74, 6) is -2.09. The van der Waals surface area contributed by atoms with Crippen LogP contribution in [0.4, 0.5) is 5.69 Å². The maximum absolute atomic E-state index is 12.8. The Morgan fingerprint density at radius 1 is 1.00 bits per heavy atom. The number of benzene rings is 2. The monoisotopic (exact) mass is 395 g/mol. The summed E-state index contributed by atoms with van der Waals surface area (Å²) in [6.45, 7) is 3.60. The minimum Gasteiger partial charge on any atom is -0.508 e. The average Bonchev–Trinajstić information content (AvgIpc) is 2.99. The number of nitrogens with zero attached hydrogens (tertiary/aromatic N) is 1. The number of ether oxygens (including phenoxy) is 1. The molecule has 7 heteroatoms. The summed E-state index contributed by atoms with van der Waals surface area (Å²) >= 11 is 0. The van der Waals surface area contributed by atoms with E-state index in [-0.39, 0.29) is 30.1 Å². The molecular weight excluding hydrogens is 374 g/mol. The van der Waals surface area contributed by atoms with Gasteiger partial charge in [0.25, 0.3) is 5.91 Å². The minimum atomic E-state index is -0.844. The van der Waals surface area contributed by atoms with Crippen LogP contribution in [-0.2, 0) is 14.3 Å². The highest BCUT2D eigenvalue weighted by Gasteiger charge is 2.43. The van der Waals surface area contributed by atoms with Gasteiger partial charge in [-0.3, -0.25) is 14.5 Å². The molecule has 1 aliphatic rings. The van der Waals surface area contributed by atoms with E-state index < -0.39 is 23.7 Å². The number of carbonyl (C=O) groups is 3. The summed E-state index contributed by atoms with van der Waals surface area (Å²) in [7, 11) is 0. The number of aromatic hydroxyl groups is 1. The first kappa shape index (κ1) is 20.1. The number of phenolic OH excluding ortho intramolecular Hbond substituents is 1. The molecule has 2 N–H and O–H groups in total. The third-order valence-electron chi connectivity index (χ3n) is 4.70. The molecule has 0 aromatic heterocycles. The number of rotatable bonds is 6. The molecule has 1 atom stereocenters. The van der Waals surface area contributed by atoms with Gasteiger partial charge in [0.2, 0.25) is 0 Å². The van der Waals surface area contributed by atoms with Gasteiger partial charge in [0, 0.05) is 12.1 Å². The highest BCUT2D eigenvalue weighted by atomic mass is 16.5. The van der Waals surface area contributed by atoms with Gasteiger partial charge in [-0.15, -0.1) is 0 Å². The number of anilines is 1. The van der Waals surface area contributed by atoms with Crippen LogP contribution in [0.3, 0.4) is 0 Å². The highest BCUT2D eigenvalue weighted by Crippen LogP contribution is 2.41. The third kappa shape index (κ3) is 3.71. The summed E-state index contributed by atoms with van der Waals surface area (Å²) in [5.41, 5.74) is 1.31. The molecule has 3 rings (SSSR count). The van der Waals surface area contributed by atoms with Crippen molar-refractivity contribution in [1.82, 2.24) is 0 Å². The molecule has 0 saturated heterocycles. The zero-order valence-electron chi connectivity index (χ0n) is 16.1. The molecule has 7 nitrogen and oxygen atoms in total. The van der Waals surface area contributed by atoms with Crippen LogP contribution < -0.4 is 4.90 Å². The van der Waals surface area contributed by atoms with Crippen LogP contribution in [0.15, 0.2) is 59.9 Å². The smallest absolute Gasteiger partial charge is 0.338 e. The lowest BCUT2D eigenvalue weighted by Crippen LogP contribution is -2.31. The minimum absolute atomic E-state index is 0.0117. The van der Waals surface area contributed by atoms with E-state index in [1.54, 1.807) is 38.1 Å². The molecule has 1 heterocycles. The summed E-state index contributed by atoms with van der Waals surface area (Å²) in [6.07, 6.45) is 0.122. The molecule has 2 aromatic rings. The Hall–Kier alpha value is -3.61. The molecule has 29 heavy (non-hydrogen) atoms. The Labute approximate surface area is 167 Å². The van der Waals surface area contributed by atoms with Crippen molar-refractivity contribution in [3.63, 3.8) is 0 Å². The number of aliphatic hydroxyl groups is 1. The van der Waals surface area contributed by atoms with Gasteiger partial charge < -0.3 is 14.9 Å². The van der Waals surface area contributed by atoms with Gasteiger partial charge in [-0.2, -0.15) is 0 Å². The predicted molar refractivity (Wildman–Crippen MR) is 106 cm³/mol. The Balaban J connectivity index is 2.06. The first-order valence-corrected chi connectivity index (χ1v) is 9.25. The standard InChI is InChI=1S/C22H21NO6/c1-3-17(25)18-19(13-7-11-16(24)12-8-13)23(21(27)20(18)26)15-9-5-14(6-10-15)22(28)29-4-2/h5-12,19,24,26H,3-4H2,1-2H3. The number of hydrogen-bond donors (Lipinski definition) is 2. The van der Waals surface area contributed by atoms with Gasteiger partial charge in [0.05, 0.1) is 23.8 Å². The van der Waals surface area contributed by atoms with E-state index in [9.17, 15) is 24.6 Å². The summed E-state index contributed by atoms with van der Waals surface area (Å²) in [4.78, 5) is 38.5. The molecule has 0 spiro atoms. The van der Waals surface area contributed by atoms with Crippen molar-refractivity contribution >= 4 is 23.3 Å². The van der Waals surface area contributed by atoms with Crippen molar-refractivity contribution in [1.29, 1.82) is 0 Å². The largest absolute Gasteiger partial charge is 0.508 e. The fourth-order valence-electron chi connectivity index (χ4n) is 3.29. The van der Waals surface area contributed by atoms with Crippen molar-refractivity contribution in [3.8, 4) is 5.75 Å². The van der Waals surface area contributed by atoms with Crippen molar-refractivity contribution in [2.45, 2.75) is 26.3 Å². The van der Waals surface area contributed by atoms with Gasteiger partial charge in [0.15, 0.2) is 11.5 Å². The zero-order chi connectivity index (χ0) is 21.1. The van der Waals surface area contributed by atoms with E-state index in [0.29, 0.717) is 16.8 Å². The third-order valence-corrected chi connectivity index (χ3v) is 4.70. The van der Waals surface area contributed by atoms with Crippen LogP contribution in [0.5, 0.6) is 5.75 Å². The second kappa shape index (κ2) is 8.18. The molecule has 0 aliphatic carbocycles. The van der Waals surface area contributed by atoms with Crippen LogP contribution in [-0.4, -0.2) is 34.5 Å². The molecule has 150 valence electrons. The molecule has 0 bridgehead atoms. The first-order chi connectivity index (χ1) is 13.9. The Bertz CT molecular complexity index is 975. The summed E-state index contributed by atoms with van der Waals surface area (Å²) in [6, 6.07) is 11.4. The predicted octanol–water partition coefficient (Wildman–Crippen LogP) is 3.45. The van der Waals surface area contributed by atoms with Crippen molar-refractivity contribution in [3.05, 3.63) is 71.0 Å². The fraction of sp³-hybridized carbons (Fsp3) is 0.227. The second-order valence-electron chi connectivity index (χ2n) is 6.48. The number of aliphatic hydroxyl groups excluding tert-OH is 1. The van der Waals surface area contributed by atoms with Crippen LogP contribution >= 0.6 is 0 Å². The van der Waals surface area contributed by atoms with Crippen molar-refractivity contribution < 1.29 is 29.3 Å². The van der Waals surface area contributed by atoms with Crippen LogP contribution in [0.25, 0.3) is 0 Å². The first-order valence-electron chi connectivity index (χ1n) is 9.25. The molecule has 2 aromatic carbocycles. The van der Waals surface area contributed by atoms with Crippen molar-refractivity contribution in [2.75, 3.05) is 11.5 Å². The number of amides is 1. The molecule has 0 saturated carbocycles. The molecule has 0 radical (unpaired) electrons. The maximum atomic E-state index is 12.8. The zero-order valence-corrected chi connectivity index (χ0v) is 16.1. The quantitative estimate of drug-likeness (QED) is 0.726. The van der Waals surface area contributed by atoms with E-state index >= 15 is 0 Å². The van der Waals surface area contributed by atoms with E-state index in [1.807, 2.05) is 0 Å². The van der Waals surface area contributed by atoms with Gasteiger partial charge in [0.1, 0.15) is 5.75 Å². The number of hydrogen-bond acceptors (Lipinski definition) is 6. The van der Waals surface area contributed by atoms with Crippen LogP contribution in [0, 0.1) is 0 Å². The Kier molecular flexibility index (Phi) is 5.68. The number of Topliss-reactive ketones (excluding diaryl/α,β-unsaturated/α-hetero) is 1. The normalized spacial score (nSPS) is 16.3. The van der Waals surface area contributed by atoms with E-state index in [1.165, 1.54) is 29.2 Å². The topological polar surface area (TPSA) is 104 Å². The number of ketones is 1. The SMILES string of the molecule is CCOC(=O)c1ccc(N2C(=O)C(O)=C(C(=O)CC)C2c2ccc(O)cc2)cc1. The maximum Gasteiger partial charge on any atom is 0.338 e. The molecule has 0 fully saturated rings. The summed E-state index contributed by atoms with van der Waals surface area (Å²) in [5, 5.41) is 20.0. The molecular formula is C22H21NO6. The lowest BCUT2D eigenvalue weighted by atomic mass is 9.94. The highest BCUT2D eigenvalue weighted by molar-refractivity contribution is 6.16. The average molecular weight is 395 g/mol. The number of esters is 1. The number of phenols is 1. The second-order valence-corrected chi connectivity index (χ2v) is 6.48. The Morgan fingerprint density at radius 2 is 1.62 bits per heavy atom. The Morgan fingerprint density at radius 3 is 2.17 bits per heavy atom. The van der Waals surface area contributed by atoms with E-state index in [0.717, 1.165) is 0 Å². The lowest BCUT2D eigenvalue weighted by molar-refractivity contribution is -0.118. The van der Waals surface area contributed by atoms with Gasteiger partial charge in [-0.05, 0) is 48.9 Å². The summed E-state index contributed by atoms with van der Waals surface area (Å²) < 4.78 is 4.96. The van der Waals surface area contributed by atoms with Crippen LogP contribution in [0.2, 0.25) is 0 Å². The lowest BCUT2D eigenvalue weighted by Gasteiger charge is -2.27. The van der Waals surface area contributed by atoms with E-state index in [4.69, 9.17) is 4.74 Å². The van der Waals surface area contributed by atoms with E-state index in [2.05, 4.69) is 0 Å². The molecule has 1 unspecified atom stereocenters. The van der Waals surface area contributed by atoms with Crippen LogP contribution in [0.1, 0.15) is 42.2 Å². The number of carbonyl (C=O) groups excluding carboxylic acids is 3.